The van der Waals surface area contributed by atoms with E-state index >= 15 is 0 Å². The number of nitrogens with zero attached hydrogens (tertiary/aromatic N) is 3. The van der Waals surface area contributed by atoms with E-state index in [2.05, 4.69) is 20.2 Å². The molecule has 148 valence electrons. The van der Waals surface area contributed by atoms with Crippen LogP contribution in [0.25, 0.3) is 32.7 Å². The fourth-order valence-corrected chi connectivity index (χ4v) is 4.70. The Labute approximate surface area is 181 Å². The molecule has 0 saturated heterocycles. The molecule has 0 radical (unpaired) electrons. The molecular weight excluding hydrogens is 419 g/mol. The number of hydrogen-bond donors (Lipinski definition) is 1. The van der Waals surface area contributed by atoms with Crippen LogP contribution in [0, 0.1) is 12.7 Å². The summed E-state index contributed by atoms with van der Waals surface area (Å²) >= 11 is 7.80. The predicted molar refractivity (Wildman–Crippen MR) is 119 cm³/mol. The third kappa shape index (κ3) is 3.28. The van der Waals surface area contributed by atoms with Gasteiger partial charge in [0.25, 0.3) is 0 Å². The smallest absolute Gasteiger partial charge is 0.149 e. The predicted octanol–water partition coefficient (Wildman–Crippen LogP) is 6.44. The number of aryl methyl sites for hydroxylation is 1. The minimum atomic E-state index is -0.324. The maximum absolute atomic E-state index is 14.3. The third-order valence-corrected chi connectivity index (χ3v) is 6.30. The van der Waals surface area contributed by atoms with Gasteiger partial charge in [-0.1, -0.05) is 35.9 Å². The van der Waals surface area contributed by atoms with Gasteiger partial charge < -0.3 is 0 Å². The van der Waals surface area contributed by atoms with Gasteiger partial charge in [-0.2, -0.15) is 5.10 Å². The van der Waals surface area contributed by atoms with Crippen molar-refractivity contribution in [3.8, 4) is 21.8 Å². The average molecular weight is 435 g/mol. The van der Waals surface area contributed by atoms with Crippen molar-refractivity contribution in [2.75, 3.05) is 0 Å². The second kappa shape index (κ2) is 7.63. The molecule has 0 aliphatic heterocycles. The van der Waals surface area contributed by atoms with Gasteiger partial charge in [-0.3, -0.25) is 10.1 Å². The molecule has 0 fully saturated rings. The van der Waals surface area contributed by atoms with Gasteiger partial charge in [0.05, 0.1) is 27.5 Å². The Balaban J connectivity index is 1.72. The summed E-state index contributed by atoms with van der Waals surface area (Å²) in [4.78, 5) is 9.65. The van der Waals surface area contributed by atoms with E-state index in [0.717, 1.165) is 44.0 Å². The summed E-state index contributed by atoms with van der Waals surface area (Å²) < 4.78 is 14.3. The first-order chi connectivity index (χ1) is 14.6. The standard InChI is InChI=1S/C23H16ClFN4S/c1-13-23(30-12-27-13)22-18(20(28-29-22)15-4-2-5-16(24)10-15)11-14-8-9-26-21-17(14)6-3-7-19(21)25/h2-10,12H,11H2,1H3,(H,28,29). The lowest BCUT2D eigenvalue weighted by Gasteiger charge is -2.10. The number of aromatic amines is 1. The lowest BCUT2D eigenvalue weighted by molar-refractivity contribution is 0.636. The van der Waals surface area contributed by atoms with Crippen molar-refractivity contribution in [3.05, 3.63) is 87.9 Å². The van der Waals surface area contributed by atoms with Gasteiger partial charge in [-0.15, -0.1) is 11.3 Å². The van der Waals surface area contributed by atoms with Crippen molar-refractivity contribution in [1.29, 1.82) is 0 Å². The molecule has 0 unspecified atom stereocenters. The molecule has 0 atom stereocenters. The average Bonchev–Trinajstić information content (AvgIpc) is 3.34. The first-order valence-electron chi connectivity index (χ1n) is 9.37. The molecule has 1 N–H and O–H groups in total. The quantitative estimate of drug-likeness (QED) is 0.354. The molecule has 4 nitrogen and oxygen atoms in total. The molecule has 0 amide bonds. The molecule has 30 heavy (non-hydrogen) atoms. The van der Waals surface area contributed by atoms with E-state index in [1.807, 2.05) is 48.8 Å². The number of halogens is 2. The molecule has 2 aromatic carbocycles. The number of pyridine rings is 1. The zero-order valence-corrected chi connectivity index (χ0v) is 17.6. The van der Waals surface area contributed by atoms with Gasteiger partial charge in [-0.05, 0) is 36.8 Å². The molecule has 0 bridgehead atoms. The molecule has 3 heterocycles. The number of nitrogens with one attached hydrogen (secondary N) is 1. The highest BCUT2D eigenvalue weighted by Gasteiger charge is 2.20. The summed E-state index contributed by atoms with van der Waals surface area (Å²) in [6.07, 6.45) is 2.21. The maximum atomic E-state index is 14.3. The normalized spacial score (nSPS) is 11.3. The van der Waals surface area contributed by atoms with Gasteiger partial charge in [0.15, 0.2) is 0 Å². The number of thiazole rings is 1. The van der Waals surface area contributed by atoms with Crippen LogP contribution in [0.5, 0.6) is 0 Å². The maximum Gasteiger partial charge on any atom is 0.149 e. The molecule has 0 aliphatic carbocycles. The summed E-state index contributed by atoms with van der Waals surface area (Å²) in [5, 5.41) is 9.27. The van der Waals surface area contributed by atoms with E-state index in [1.165, 1.54) is 6.07 Å². The topological polar surface area (TPSA) is 54.5 Å². The Morgan fingerprint density at radius 3 is 2.77 bits per heavy atom. The van der Waals surface area contributed by atoms with Gasteiger partial charge >= 0.3 is 0 Å². The second-order valence-electron chi connectivity index (χ2n) is 6.99. The number of fused-ring (bicyclic) bond motifs is 1. The van der Waals surface area contributed by atoms with Gasteiger partial charge in [0, 0.05) is 34.2 Å². The Kier molecular flexibility index (Phi) is 4.81. The van der Waals surface area contributed by atoms with Crippen molar-refractivity contribution in [1.82, 2.24) is 20.2 Å². The molecule has 0 aliphatic rings. The molecule has 7 heteroatoms. The van der Waals surface area contributed by atoms with E-state index in [0.29, 0.717) is 17.0 Å². The van der Waals surface area contributed by atoms with Crippen molar-refractivity contribution >= 4 is 33.8 Å². The van der Waals surface area contributed by atoms with Crippen LogP contribution in [0.1, 0.15) is 16.8 Å². The molecule has 3 aromatic heterocycles. The Bertz CT molecular complexity index is 1370. The summed E-state index contributed by atoms with van der Waals surface area (Å²) in [5.74, 6) is -0.324. The molecular formula is C23H16ClFN4S. The number of aromatic nitrogens is 4. The fraction of sp³-hybridized carbons (Fsp3) is 0.0870. The van der Waals surface area contributed by atoms with Gasteiger partial charge in [-0.25, -0.2) is 9.37 Å². The first-order valence-corrected chi connectivity index (χ1v) is 10.6. The zero-order valence-electron chi connectivity index (χ0n) is 16.0. The molecule has 5 aromatic rings. The van der Waals surface area contributed by atoms with Crippen LogP contribution in [0.2, 0.25) is 5.02 Å². The third-order valence-electron chi connectivity index (χ3n) is 5.12. The Morgan fingerprint density at radius 1 is 1.10 bits per heavy atom. The number of hydrogen-bond acceptors (Lipinski definition) is 4. The van der Waals surface area contributed by atoms with E-state index in [4.69, 9.17) is 11.6 Å². The number of benzene rings is 2. The van der Waals surface area contributed by atoms with Crippen molar-refractivity contribution in [2.24, 2.45) is 0 Å². The Morgan fingerprint density at radius 2 is 1.97 bits per heavy atom. The fourth-order valence-electron chi connectivity index (χ4n) is 3.68. The first kappa shape index (κ1) is 18.9. The summed E-state index contributed by atoms with van der Waals surface area (Å²) in [5.41, 5.74) is 7.80. The van der Waals surface area contributed by atoms with E-state index in [-0.39, 0.29) is 5.82 Å². The van der Waals surface area contributed by atoms with Gasteiger partial charge in [0.1, 0.15) is 11.3 Å². The van der Waals surface area contributed by atoms with Crippen LogP contribution >= 0.6 is 22.9 Å². The highest BCUT2D eigenvalue weighted by atomic mass is 35.5. The lowest BCUT2D eigenvalue weighted by atomic mass is 9.96. The van der Waals surface area contributed by atoms with E-state index in [9.17, 15) is 4.39 Å². The Hall–Kier alpha value is -3.09. The van der Waals surface area contributed by atoms with Crippen LogP contribution in [0.4, 0.5) is 4.39 Å². The minimum absolute atomic E-state index is 0.324. The molecule has 0 saturated carbocycles. The van der Waals surface area contributed by atoms with Crippen LogP contribution < -0.4 is 0 Å². The molecule has 5 rings (SSSR count). The van der Waals surface area contributed by atoms with Crippen molar-refractivity contribution < 1.29 is 4.39 Å². The molecule has 0 spiro atoms. The highest BCUT2D eigenvalue weighted by Crippen LogP contribution is 2.36. The number of H-pyrrole nitrogens is 1. The number of para-hydroxylation sites is 1. The van der Waals surface area contributed by atoms with E-state index < -0.39 is 0 Å². The second-order valence-corrected chi connectivity index (χ2v) is 8.28. The van der Waals surface area contributed by atoms with Crippen molar-refractivity contribution in [2.45, 2.75) is 13.3 Å². The number of rotatable bonds is 4. The van der Waals surface area contributed by atoms with Crippen molar-refractivity contribution in [3.63, 3.8) is 0 Å². The minimum Gasteiger partial charge on any atom is -0.276 e. The van der Waals surface area contributed by atoms with Gasteiger partial charge in [0.2, 0.25) is 0 Å². The van der Waals surface area contributed by atoms with Crippen LogP contribution in [-0.2, 0) is 6.42 Å². The van der Waals surface area contributed by atoms with Crippen LogP contribution in [0.15, 0.2) is 60.2 Å². The SMILES string of the molecule is Cc1ncsc1-c1[nH]nc(-c2cccc(Cl)c2)c1Cc1ccnc2c(F)cccc12. The van der Waals surface area contributed by atoms with Crippen LogP contribution in [0.3, 0.4) is 0 Å². The summed E-state index contributed by atoms with van der Waals surface area (Å²) in [7, 11) is 0. The monoisotopic (exact) mass is 434 g/mol. The summed E-state index contributed by atoms with van der Waals surface area (Å²) in [6.45, 7) is 1.98. The lowest BCUT2D eigenvalue weighted by Crippen LogP contribution is -1.96. The van der Waals surface area contributed by atoms with E-state index in [1.54, 1.807) is 23.6 Å². The zero-order chi connectivity index (χ0) is 20.7. The largest absolute Gasteiger partial charge is 0.276 e. The van der Waals surface area contributed by atoms with Crippen LogP contribution in [-0.4, -0.2) is 20.2 Å². The summed E-state index contributed by atoms with van der Waals surface area (Å²) in [6, 6.07) is 14.6. The highest BCUT2D eigenvalue weighted by molar-refractivity contribution is 7.13.